The number of hydrogen-bond donors (Lipinski definition) is 0. The maximum atomic E-state index is 13.7. The second-order valence-corrected chi connectivity index (χ2v) is 7.89. The maximum absolute atomic E-state index is 13.7. The van der Waals surface area contributed by atoms with Gasteiger partial charge in [-0.05, 0) is 25.0 Å². The van der Waals surface area contributed by atoms with Gasteiger partial charge in [-0.3, -0.25) is 9.69 Å². The monoisotopic (exact) mass is 421 g/mol. The molecule has 5 nitrogen and oxygen atoms in total. The molecular weight excluding hydrogens is 406 g/mol. The Morgan fingerprint density at radius 2 is 2.07 bits per heavy atom. The smallest absolute Gasteiger partial charge is 0.277 e. The fourth-order valence-electron chi connectivity index (χ4n) is 4.85. The summed E-state index contributed by atoms with van der Waals surface area (Å²) in [4.78, 5) is 15.2. The Bertz CT molecular complexity index is 994. The predicted octanol–water partition coefficient (Wildman–Crippen LogP) is 3.76. The van der Waals surface area contributed by atoms with Crippen molar-refractivity contribution >= 4 is 27.5 Å². The molecule has 1 saturated carbocycles. The number of hydrogen-bond acceptors (Lipinski definition) is 4. The van der Waals surface area contributed by atoms with E-state index < -0.39 is 5.60 Å². The molecule has 27 heavy (non-hydrogen) atoms. The number of nitrogens with zero attached hydrogens (tertiary/aromatic N) is 3. The van der Waals surface area contributed by atoms with E-state index in [4.69, 9.17) is 11.2 Å². The lowest BCUT2D eigenvalue weighted by Gasteiger charge is -2.46. The normalized spacial score (nSPS) is 28.7. The predicted molar refractivity (Wildman–Crippen MR) is 102 cm³/mol. The van der Waals surface area contributed by atoms with Gasteiger partial charge in [0.05, 0.1) is 23.9 Å². The minimum Gasteiger partial charge on any atom is -0.461 e. The summed E-state index contributed by atoms with van der Waals surface area (Å²) in [7, 11) is 0. The molecule has 1 aromatic carbocycles. The van der Waals surface area contributed by atoms with Gasteiger partial charge in [-0.15, -0.1) is 6.42 Å². The van der Waals surface area contributed by atoms with Gasteiger partial charge in [0.15, 0.2) is 0 Å². The summed E-state index contributed by atoms with van der Waals surface area (Å²) < 4.78 is 6.90. The van der Waals surface area contributed by atoms with Crippen molar-refractivity contribution < 1.29 is 9.53 Å². The molecule has 1 amide bonds. The van der Waals surface area contributed by atoms with Crippen LogP contribution in [-0.4, -0.2) is 12.5 Å². The van der Waals surface area contributed by atoms with Crippen LogP contribution in [0.5, 0.6) is 0 Å². The van der Waals surface area contributed by atoms with Crippen LogP contribution >= 0.6 is 15.9 Å². The zero-order valence-corrected chi connectivity index (χ0v) is 16.1. The average Bonchev–Trinajstić information content (AvgIpc) is 2.92. The quantitative estimate of drug-likeness (QED) is 0.646. The van der Waals surface area contributed by atoms with Crippen LogP contribution < -0.4 is 4.90 Å². The third kappa shape index (κ3) is 2.25. The number of halogens is 1. The standard InChI is InChI=1S/C21H16BrN3O2/c1-2-10-25-17-9-5-8-16(22)19(17)21(20(25)26)15-7-4-3-6-13(15)14(11-23)18(12-24)27-21/h1,5,8-9,13,15H,3-4,6-7,10H2. The first-order valence-corrected chi connectivity index (χ1v) is 9.67. The van der Waals surface area contributed by atoms with E-state index in [1.54, 1.807) is 4.90 Å². The number of rotatable bonds is 1. The second-order valence-electron chi connectivity index (χ2n) is 7.03. The molecule has 1 aromatic rings. The van der Waals surface area contributed by atoms with Crippen LogP contribution in [0.3, 0.4) is 0 Å². The lowest BCUT2D eigenvalue weighted by atomic mass is 9.64. The summed E-state index contributed by atoms with van der Waals surface area (Å²) in [5.74, 6) is 1.89. The van der Waals surface area contributed by atoms with E-state index in [1.807, 2.05) is 24.3 Å². The molecule has 3 atom stereocenters. The fraction of sp³-hybridized carbons (Fsp3) is 0.381. The van der Waals surface area contributed by atoms with Crippen LogP contribution in [0.25, 0.3) is 0 Å². The highest BCUT2D eigenvalue weighted by Gasteiger charge is 2.63. The van der Waals surface area contributed by atoms with Gasteiger partial charge in [0.2, 0.25) is 11.4 Å². The van der Waals surface area contributed by atoms with E-state index in [0.717, 1.165) is 30.2 Å². The molecular formula is C21H16BrN3O2. The molecule has 1 spiro atoms. The molecule has 6 heteroatoms. The number of terminal acetylenes is 1. The van der Waals surface area contributed by atoms with Gasteiger partial charge in [-0.25, -0.2) is 0 Å². The Balaban J connectivity index is 2.01. The number of benzene rings is 1. The van der Waals surface area contributed by atoms with Gasteiger partial charge in [-0.2, -0.15) is 10.5 Å². The molecule has 2 heterocycles. The number of amides is 1. The van der Waals surface area contributed by atoms with E-state index >= 15 is 0 Å². The molecule has 0 aromatic heterocycles. The third-order valence-electron chi connectivity index (χ3n) is 5.85. The van der Waals surface area contributed by atoms with E-state index in [0.29, 0.717) is 16.8 Å². The summed E-state index contributed by atoms with van der Waals surface area (Å²) in [6, 6.07) is 9.74. The fourth-order valence-corrected chi connectivity index (χ4v) is 5.50. The molecule has 1 aliphatic carbocycles. The van der Waals surface area contributed by atoms with Gasteiger partial charge in [0.25, 0.3) is 5.91 Å². The average molecular weight is 422 g/mol. The Hall–Kier alpha value is -2.75. The largest absolute Gasteiger partial charge is 0.461 e. The van der Waals surface area contributed by atoms with Gasteiger partial charge < -0.3 is 4.74 Å². The van der Waals surface area contributed by atoms with Gasteiger partial charge >= 0.3 is 0 Å². The highest BCUT2D eigenvalue weighted by atomic mass is 79.9. The minimum atomic E-state index is -1.32. The topological polar surface area (TPSA) is 77.1 Å². The first-order chi connectivity index (χ1) is 13.1. The lowest BCUT2D eigenvalue weighted by Crippen LogP contribution is -2.53. The summed E-state index contributed by atoms with van der Waals surface area (Å²) in [6.07, 6.45) is 8.95. The Kier molecular flexibility index (Phi) is 4.22. The van der Waals surface area contributed by atoms with Crippen molar-refractivity contribution in [2.45, 2.75) is 31.3 Å². The van der Waals surface area contributed by atoms with E-state index in [-0.39, 0.29) is 30.0 Å². The third-order valence-corrected chi connectivity index (χ3v) is 6.52. The minimum absolute atomic E-state index is 0.0433. The summed E-state index contributed by atoms with van der Waals surface area (Å²) >= 11 is 3.58. The molecule has 0 saturated heterocycles. The lowest BCUT2D eigenvalue weighted by molar-refractivity contribution is -0.153. The first-order valence-electron chi connectivity index (χ1n) is 8.88. The van der Waals surface area contributed by atoms with Crippen molar-refractivity contribution in [1.82, 2.24) is 0 Å². The number of carbonyl (C=O) groups is 1. The molecule has 0 bridgehead atoms. The van der Waals surface area contributed by atoms with E-state index in [9.17, 15) is 15.3 Å². The number of anilines is 1. The molecule has 1 fully saturated rings. The Labute approximate surface area is 166 Å². The summed E-state index contributed by atoms with van der Waals surface area (Å²) in [5, 5.41) is 19.3. The van der Waals surface area contributed by atoms with E-state index in [1.165, 1.54) is 0 Å². The van der Waals surface area contributed by atoms with Crippen LogP contribution in [0.4, 0.5) is 5.69 Å². The molecule has 4 rings (SSSR count). The van der Waals surface area contributed by atoms with Crippen molar-refractivity contribution in [2.24, 2.45) is 11.8 Å². The number of carbonyl (C=O) groups excluding carboxylic acids is 1. The zero-order valence-electron chi connectivity index (χ0n) is 14.5. The SMILES string of the molecule is C#CCN1C(=O)C2(OC(C#N)=C(C#N)C3CCCCC32)c2c(Br)cccc21. The number of nitriles is 2. The van der Waals surface area contributed by atoms with E-state index in [2.05, 4.69) is 27.9 Å². The van der Waals surface area contributed by atoms with Crippen molar-refractivity contribution in [1.29, 1.82) is 10.5 Å². The van der Waals surface area contributed by atoms with Crippen LogP contribution in [0, 0.1) is 46.8 Å². The van der Waals surface area contributed by atoms with Gasteiger partial charge in [-0.1, -0.05) is 40.8 Å². The zero-order chi connectivity index (χ0) is 19.2. The first kappa shape index (κ1) is 17.7. The van der Waals surface area contributed by atoms with Crippen LogP contribution in [0.15, 0.2) is 34.0 Å². The van der Waals surface area contributed by atoms with Crippen molar-refractivity contribution in [2.75, 3.05) is 11.4 Å². The molecule has 3 aliphatic rings. The Morgan fingerprint density at radius 1 is 1.30 bits per heavy atom. The molecule has 2 aliphatic heterocycles. The highest BCUT2D eigenvalue weighted by molar-refractivity contribution is 9.10. The van der Waals surface area contributed by atoms with Crippen molar-refractivity contribution in [3.05, 3.63) is 39.6 Å². The summed E-state index contributed by atoms with van der Waals surface area (Å²) in [5.41, 5.74) is 0.467. The number of allylic oxidation sites excluding steroid dienone is 2. The van der Waals surface area contributed by atoms with Crippen molar-refractivity contribution in [3.63, 3.8) is 0 Å². The van der Waals surface area contributed by atoms with Crippen molar-refractivity contribution in [3.8, 4) is 24.5 Å². The van der Waals surface area contributed by atoms with Gasteiger partial charge in [0, 0.05) is 21.9 Å². The van der Waals surface area contributed by atoms with Gasteiger partial charge in [0.1, 0.15) is 6.07 Å². The Morgan fingerprint density at radius 3 is 2.78 bits per heavy atom. The maximum Gasteiger partial charge on any atom is 0.277 e. The second kappa shape index (κ2) is 6.45. The molecule has 0 radical (unpaired) electrons. The molecule has 134 valence electrons. The molecule has 0 N–H and O–H groups in total. The summed E-state index contributed by atoms with van der Waals surface area (Å²) in [6.45, 7) is 0.126. The highest BCUT2D eigenvalue weighted by Crippen LogP contribution is 2.59. The molecule has 3 unspecified atom stereocenters. The number of ether oxygens (including phenoxy) is 1. The van der Waals surface area contributed by atoms with Crippen LogP contribution in [0.1, 0.15) is 31.2 Å². The van der Waals surface area contributed by atoms with Crippen LogP contribution in [0.2, 0.25) is 0 Å². The van der Waals surface area contributed by atoms with Crippen LogP contribution in [-0.2, 0) is 15.1 Å². The number of fused-ring (bicyclic) bond motifs is 4.